The molecular formula is C64H104N16O15. The van der Waals surface area contributed by atoms with Gasteiger partial charge in [0.15, 0.2) is 0 Å². The van der Waals surface area contributed by atoms with Crippen LogP contribution in [0.25, 0.3) is 0 Å². The predicted octanol–water partition coefficient (Wildman–Crippen LogP) is -3.25. The van der Waals surface area contributed by atoms with Crippen molar-refractivity contribution in [3.63, 3.8) is 0 Å². The number of aliphatic hydroxyl groups excluding tert-OH is 1. The van der Waals surface area contributed by atoms with Gasteiger partial charge in [-0.2, -0.15) is 0 Å². The Balaban J connectivity index is 2.46. The van der Waals surface area contributed by atoms with Crippen LogP contribution in [0.4, 0.5) is 0 Å². The molecule has 0 aliphatic rings. The molecular weight excluding hydrogens is 1230 g/mol. The standard InChI is InChI=1S/C64H104N16O15/c1-37(2)32-47(62(93)75-43(22-12-15-29-65)57(88)73-45(24-14-17-31-67)59(90)79-50(35-41-20-10-7-11-21-41)64(95)80-51(36-81)54(70)85)78-63(94)48(33-38(3)4)77-58(89)44(23-13-16-30-66)74-60(91)46(26-27-52(69)82)72-55(86)39(5)71-61(92)49(34-40-18-8-6-9-19-40)76-56(87)42(68)25-28-53(83)84/h6-11,18-21,37-39,42-51,81H,12-17,22-36,65-68H2,1-5H3,(H2,69,82)(H2,70,85)(H,71,92)(H,72,86)(H,73,88)(H,74,91)(H,75,93)(H,76,87)(H,77,89)(H,78,94)(H,79,90)(H,80,95)(H,83,84)/t39-,42-,43-,44-,45-,46-,47-,48-,49-,50-,51-/m0/s1. The first kappa shape index (κ1) is 82.4. The van der Waals surface area contributed by atoms with Gasteiger partial charge in [-0.15, -0.1) is 0 Å². The second-order valence-corrected chi connectivity index (χ2v) is 24.4. The number of carboxylic acid groups (broad SMARTS) is 1. The molecule has 0 radical (unpaired) electrons. The molecule has 0 unspecified atom stereocenters. The van der Waals surface area contributed by atoms with Crippen molar-refractivity contribution in [2.45, 2.75) is 210 Å². The third-order valence-corrected chi connectivity index (χ3v) is 15.2. The maximum Gasteiger partial charge on any atom is 0.303 e. The van der Waals surface area contributed by atoms with Crippen molar-refractivity contribution in [3.8, 4) is 0 Å². The largest absolute Gasteiger partial charge is 0.481 e. The van der Waals surface area contributed by atoms with E-state index in [0.717, 1.165) is 0 Å². The average molecular weight is 1340 g/mol. The van der Waals surface area contributed by atoms with Crippen LogP contribution in [-0.2, 0) is 75.2 Å². The van der Waals surface area contributed by atoms with Crippen LogP contribution in [0.15, 0.2) is 60.7 Å². The molecule has 11 atom stereocenters. The number of hydrogen-bond acceptors (Lipinski definition) is 18. The molecule has 0 spiro atoms. The fourth-order valence-corrected chi connectivity index (χ4v) is 9.84. The van der Waals surface area contributed by atoms with Crippen LogP contribution < -0.4 is 87.6 Å². The normalized spacial score (nSPS) is 14.7. The summed E-state index contributed by atoms with van der Waals surface area (Å²) in [5, 5.41) is 45.0. The highest BCUT2D eigenvalue weighted by Crippen LogP contribution is 2.15. The van der Waals surface area contributed by atoms with Gasteiger partial charge in [0.05, 0.1) is 12.6 Å². The maximum atomic E-state index is 14.5. The van der Waals surface area contributed by atoms with Crippen molar-refractivity contribution in [1.82, 2.24) is 53.2 Å². The fraction of sp³-hybridized carbons (Fsp3) is 0.609. The number of rotatable bonds is 48. The lowest BCUT2D eigenvalue weighted by atomic mass is 9.98. The quantitative estimate of drug-likeness (QED) is 0.0289. The zero-order chi connectivity index (χ0) is 71.2. The molecule has 2 aromatic rings. The fourth-order valence-electron chi connectivity index (χ4n) is 9.84. The minimum absolute atomic E-state index is 0.0180. The number of carboxylic acids is 1. The van der Waals surface area contributed by atoms with Gasteiger partial charge in [-0.25, -0.2) is 0 Å². The number of carbonyl (C=O) groups excluding carboxylic acids is 12. The van der Waals surface area contributed by atoms with Gasteiger partial charge >= 0.3 is 5.97 Å². The SMILES string of the molecule is CC(C)C[C@H](NC(=O)[C@H](CCCCN)NC(=O)[C@H](CCC(N)=O)NC(=O)[C@H](C)NC(=O)[C@H](Cc1ccccc1)NC(=O)[C@@H](N)CCC(=O)O)C(=O)N[C@@H](CC(C)C)C(=O)N[C@@H](CCCCN)C(=O)N[C@@H](CCCCN)C(=O)N[C@@H](Cc1ccccc1)C(=O)N[C@@H](CO)C(N)=O. The number of nitrogens with one attached hydrogen (secondary N) is 10. The molecule has 0 aliphatic heterocycles. The highest BCUT2D eigenvalue weighted by atomic mass is 16.4. The third kappa shape index (κ3) is 32.9. The number of primary amides is 2. The highest BCUT2D eigenvalue weighted by Gasteiger charge is 2.36. The van der Waals surface area contributed by atoms with Crippen LogP contribution in [0.2, 0.25) is 0 Å². The van der Waals surface area contributed by atoms with Crippen molar-refractivity contribution in [2.75, 3.05) is 26.2 Å². The molecule has 0 saturated heterocycles. The number of aliphatic carboxylic acids is 1. The van der Waals surface area contributed by atoms with Crippen LogP contribution in [0.1, 0.15) is 142 Å². The number of amides is 12. The summed E-state index contributed by atoms with van der Waals surface area (Å²) in [6.45, 7) is 8.32. The number of hydrogen-bond donors (Lipinski definition) is 18. The Hall–Kier alpha value is -8.65. The Bertz CT molecular complexity index is 2800. The highest BCUT2D eigenvalue weighted by molar-refractivity contribution is 5.99. The van der Waals surface area contributed by atoms with Crippen molar-refractivity contribution >= 4 is 76.9 Å². The molecule has 0 fully saturated rings. The lowest BCUT2D eigenvalue weighted by Crippen LogP contribution is -2.61. The lowest BCUT2D eigenvalue weighted by Gasteiger charge is -2.29. The van der Waals surface area contributed by atoms with Crippen LogP contribution in [0, 0.1) is 11.8 Å². The molecule has 0 bridgehead atoms. The second kappa shape index (κ2) is 44.9. The molecule has 24 N–H and O–H groups in total. The van der Waals surface area contributed by atoms with Gasteiger partial charge in [-0.05, 0) is 133 Å². The molecule has 0 aromatic heterocycles. The Morgan fingerprint density at radius 3 is 1.04 bits per heavy atom. The zero-order valence-corrected chi connectivity index (χ0v) is 55.3. The molecule has 0 aliphatic carbocycles. The van der Waals surface area contributed by atoms with E-state index >= 15 is 0 Å². The van der Waals surface area contributed by atoms with E-state index in [-0.39, 0.29) is 95.7 Å². The second-order valence-electron chi connectivity index (χ2n) is 24.4. The molecule has 31 nitrogen and oxygen atoms in total. The van der Waals surface area contributed by atoms with E-state index in [1.807, 2.05) is 0 Å². The predicted molar refractivity (Wildman–Crippen MR) is 352 cm³/mol. The molecule has 12 amide bonds. The zero-order valence-electron chi connectivity index (χ0n) is 55.3. The molecule has 0 saturated carbocycles. The number of aliphatic hydroxyl groups is 1. The first-order valence-corrected chi connectivity index (χ1v) is 32.4. The van der Waals surface area contributed by atoms with E-state index in [2.05, 4.69) is 53.2 Å². The van der Waals surface area contributed by atoms with Crippen LogP contribution in [0.5, 0.6) is 0 Å². The first-order chi connectivity index (χ1) is 45.0. The summed E-state index contributed by atoms with van der Waals surface area (Å²) in [4.78, 5) is 176. The number of unbranched alkanes of at least 4 members (excludes halogenated alkanes) is 3. The lowest BCUT2D eigenvalue weighted by molar-refractivity contribution is -0.137. The van der Waals surface area contributed by atoms with Gasteiger partial charge in [-0.3, -0.25) is 62.3 Å². The minimum Gasteiger partial charge on any atom is -0.481 e. The third-order valence-electron chi connectivity index (χ3n) is 15.2. The Labute approximate surface area is 555 Å². The van der Waals surface area contributed by atoms with Crippen molar-refractivity contribution < 1.29 is 72.5 Å². The molecule has 2 aromatic carbocycles. The van der Waals surface area contributed by atoms with Gasteiger partial charge in [0.2, 0.25) is 70.9 Å². The summed E-state index contributed by atoms with van der Waals surface area (Å²) in [6.07, 6.45) is 0.772. The van der Waals surface area contributed by atoms with Crippen molar-refractivity contribution in [1.29, 1.82) is 0 Å². The molecule has 530 valence electrons. The average Bonchev–Trinajstić information content (AvgIpc) is 0.948. The molecule has 31 heteroatoms. The topological polar surface area (TPSA) is 539 Å². The number of carbonyl (C=O) groups is 13. The summed E-state index contributed by atoms with van der Waals surface area (Å²) in [5.41, 5.74) is 35.4. The summed E-state index contributed by atoms with van der Waals surface area (Å²) < 4.78 is 0. The Morgan fingerprint density at radius 2 is 0.695 bits per heavy atom. The number of benzene rings is 2. The van der Waals surface area contributed by atoms with Crippen LogP contribution >= 0.6 is 0 Å². The molecule has 0 heterocycles. The smallest absolute Gasteiger partial charge is 0.303 e. The van der Waals surface area contributed by atoms with E-state index < -0.39 is 163 Å². The molecule has 95 heavy (non-hydrogen) atoms. The monoisotopic (exact) mass is 1340 g/mol. The maximum absolute atomic E-state index is 14.5. The first-order valence-electron chi connectivity index (χ1n) is 32.4. The van der Waals surface area contributed by atoms with Gasteiger partial charge < -0.3 is 97.8 Å². The van der Waals surface area contributed by atoms with Crippen LogP contribution in [-0.4, -0.2) is 180 Å². The van der Waals surface area contributed by atoms with Gasteiger partial charge in [0.1, 0.15) is 60.4 Å². The summed E-state index contributed by atoms with van der Waals surface area (Å²) >= 11 is 0. The van der Waals surface area contributed by atoms with Gasteiger partial charge in [-0.1, -0.05) is 88.4 Å². The summed E-state index contributed by atoms with van der Waals surface area (Å²) in [5.74, 6) is -11.9. The minimum atomic E-state index is -1.54. The summed E-state index contributed by atoms with van der Waals surface area (Å²) in [6, 6.07) is 2.17. The Kier molecular flexibility index (Phi) is 38.9. The summed E-state index contributed by atoms with van der Waals surface area (Å²) in [7, 11) is 0. The van der Waals surface area contributed by atoms with E-state index in [1.54, 1.807) is 88.4 Å². The van der Waals surface area contributed by atoms with E-state index in [1.165, 1.54) is 6.92 Å². The van der Waals surface area contributed by atoms with E-state index in [0.29, 0.717) is 43.2 Å². The molecule has 2 rings (SSSR count). The van der Waals surface area contributed by atoms with Gasteiger partial charge in [0, 0.05) is 25.7 Å². The Morgan fingerprint density at radius 1 is 0.379 bits per heavy atom. The van der Waals surface area contributed by atoms with Gasteiger partial charge in [0.25, 0.3) is 0 Å². The van der Waals surface area contributed by atoms with E-state index in [9.17, 15) is 67.4 Å². The van der Waals surface area contributed by atoms with Crippen LogP contribution in [0.3, 0.4) is 0 Å². The van der Waals surface area contributed by atoms with Crippen molar-refractivity contribution in [2.24, 2.45) is 46.2 Å². The van der Waals surface area contributed by atoms with E-state index in [4.69, 9.17) is 39.5 Å². The number of nitrogens with two attached hydrogens (primary N) is 6. The van der Waals surface area contributed by atoms with Crippen molar-refractivity contribution in [3.05, 3.63) is 71.8 Å².